The molecule has 0 radical (unpaired) electrons. The first-order chi connectivity index (χ1) is 8.17. The van der Waals surface area contributed by atoms with Crippen LogP contribution in [0.25, 0.3) is 0 Å². The number of ether oxygens (including phenoxy) is 1. The number of hydrogen-bond donors (Lipinski definition) is 1. The molecule has 1 N–H and O–H groups in total. The van der Waals surface area contributed by atoms with Crippen molar-refractivity contribution in [2.75, 3.05) is 13.7 Å². The summed E-state index contributed by atoms with van der Waals surface area (Å²) in [5, 5.41) is 2.63. The Morgan fingerprint density at radius 1 is 1.53 bits per heavy atom. The van der Waals surface area contributed by atoms with E-state index in [2.05, 4.69) is 10.1 Å². The Hall–Kier alpha value is -1.26. The van der Waals surface area contributed by atoms with E-state index in [-0.39, 0.29) is 5.91 Å². The normalized spacial score (nSPS) is 27.3. The standard InChI is InChI=1S/C12H20N2O3/c1-3-4-9(13-12(16)17-2)11(15)14-6-5-8-7-10(8)14/h8-10H,3-7H2,1-2H3,(H,13,16). The van der Waals surface area contributed by atoms with Gasteiger partial charge in [-0.15, -0.1) is 0 Å². The van der Waals surface area contributed by atoms with Crippen LogP contribution in [-0.2, 0) is 9.53 Å². The molecule has 2 rings (SSSR count). The summed E-state index contributed by atoms with van der Waals surface area (Å²) in [6.07, 6.45) is 3.27. The predicted molar refractivity (Wildman–Crippen MR) is 62.5 cm³/mol. The summed E-state index contributed by atoms with van der Waals surface area (Å²) >= 11 is 0. The van der Waals surface area contributed by atoms with Gasteiger partial charge in [-0.05, 0) is 25.2 Å². The molecule has 0 bridgehead atoms. The van der Waals surface area contributed by atoms with Gasteiger partial charge in [-0.2, -0.15) is 0 Å². The molecular formula is C12H20N2O3. The third-order valence-electron chi connectivity index (χ3n) is 3.66. The van der Waals surface area contributed by atoms with Crippen LogP contribution < -0.4 is 5.32 Å². The molecule has 2 amide bonds. The highest BCUT2D eigenvalue weighted by Crippen LogP contribution is 2.44. The summed E-state index contributed by atoms with van der Waals surface area (Å²) in [4.78, 5) is 25.4. The summed E-state index contributed by atoms with van der Waals surface area (Å²) in [6, 6.07) is 0.0214. The molecule has 1 aliphatic carbocycles. The number of likely N-dealkylation sites (tertiary alicyclic amines) is 1. The molecule has 5 nitrogen and oxygen atoms in total. The van der Waals surface area contributed by atoms with Crippen molar-refractivity contribution in [1.29, 1.82) is 0 Å². The van der Waals surface area contributed by atoms with Gasteiger partial charge >= 0.3 is 6.09 Å². The number of alkyl carbamates (subject to hydrolysis) is 1. The average Bonchev–Trinajstić information content (AvgIpc) is 2.99. The molecule has 0 aromatic carbocycles. The third kappa shape index (κ3) is 2.53. The van der Waals surface area contributed by atoms with Crippen LogP contribution in [0.2, 0.25) is 0 Å². The van der Waals surface area contributed by atoms with Gasteiger partial charge in [-0.3, -0.25) is 4.79 Å². The van der Waals surface area contributed by atoms with E-state index in [1.54, 1.807) is 0 Å². The van der Waals surface area contributed by atoms with Gasteiger partial charge in [0.25, 0.3) is 0 Å². The average molecular weight is 240 g/mol. The van der Waals surface area contributed by atoms with Crippen molar-refractivity contribution in [2.45, 2.75) is 44.7 Å². The zero-order chi connectivity index (χ0) is 12.4. The van der Waals surface area contributed by atoms with Gasteiger partial charge in [-0.25, -0.2) is 4.79 Å². The van der Waals surface area contributed by atoms with Crippen LogP contribution in [0, 0.1) is 5.92 Å². The first kappa shape index (κ1) is 12.2. The zero-order valence-corrected chi connectivity index (χ0v) is 10.4. The number of nitrogens with zero attached hydrogens (tertiary/aromatic N) is 1. The van der Waals surface area contributed by atoms with Crippen molar-refractivity contribution in [3.63, 3.8) is 0 Å². The maximum absolute atomic E-state index is 12.3. The lowest BCUT2D eigenvalue weighted by atomic mass is 10.1. The molecule has 1 saturated carbocycles. The highest BCUT2D eigenvalue weighted by Gasteiger charge is 2.49. The molecule has 3 unspecified atom stereocenters. The van der Waals surface area contributed by atoms with Crippen LogP contribution >= 0.6 is 0 Å². The summed E-state index contributed by atoms with van der Waals surface area (Å²) in [5.41, 5.74) is 0. The Morgan fingerprint density at radius 3 is 2.76 bits per heavy atom. The van der Waals surface area contributed by atoms with E-state index < -0.39 is 12.1 Å². The monoisotopic (exact) mass is 240 g/mol. The van der Waals surface area contributed by atoms with Crippen LogP contribution in [0.3, 0.4) is 0 Å². The van der Waals surface area contributed by atoms with Crippen LogP contribution in [0.5, 0.6) is 0 Å². The van der Waals surface area contributed by atoms with Crippen LogP contribution in [0.4, 0.5) is 4.79 Å². The van der Waals surface area contributed by atoms with Gasteiger partial charge in [0.15, 0.2) is 0 Å². The smallest absolute Gasteiger partial charge is 0.407 e. The number of piperidine rings is 1. The molecule has 2 fully saturated rings. The largest absolute Gasteiger partial charge is 0.453 e. The Bertz CT molecular complexity index is 319. The summed E-state index contributed by atoms with van der Waals surface area (Å²) in [6.45, 7) is 2.85. The second kappa shape index (κ2) is 4.94. The summed E-state index contributed by atoms with van der Waals surface area (Å²) in [7, 11) is 1.32. The number of fused-ring (bicyclic) bond motifs is 1. The quantitative estimate of drug-likeness (QED) is 0.801. The van der Waals surface area contributed by atoms with E-state index in [9.17, 15) is 9.59 Å². The van der Waals surface area contributed by atoms with E-state index in [1.165, 1.54) is 7.11 Å². The first-order valence-corrected chi connectivity index (χ1v) is 6.32. The van der Waals surface area contributed by atoms with Crippen molar-refractivity contribution in [1.82, 2.24) is 10.2 Å². The molecular weight excluding hydrogens is 220 g/mol. The van der Waals surface area contributed by atoms with Gasteiger partial charge in [-0.1, -0.05) is 13.3 Å². The summed E-state index contributed by atoms with van der Waals surface area (Å²) < 4.78 is 4.56. The number of rotatable bonds is 4. The molecule has 1 saturated heterocycles. The Morgan fingerprint density at radius 2 is 2.29 bits per heavy atom. The number of amides is 2. The lowest BCUT2D eigenvalue weighted by molar-refractivity contribution is -0.133. The topological polar surface area (TPSA) is 58.6 Å². The maximum atomic E-state index is 12.3. The van der Waals surface area contributed by atoms with E-state index in [1.807, 2.05) is 11.8 Å². The first-order valence-electron chi connectivity index (χ1n) is 6.32. The Balaban J connectivity index is 1.94. The van der Waals surface area contributed by atoms with Gasteiger partial charge < -0.3 is 15.0 Å². The highest BCUT2D eigenvalue weighted by molar-refractivity contribution is 5.86. The minimum atomic E-state index is -0.525. The number of nitrogens with one attached hydrogen (secondary N) is 1. The minimum absolute atomic E-state index is 0.0576. The number of methoxy groups -OCH3 is 1. The van der Waals surface area contributed by atoms with Crippen molar-refractivity contribution < 1.29 is 14.3 Å². The van der Waals surface area contributed by atoms with Gasteiger partial charge in [0.2, 0.25) is 5.91 Å². The van der Waals surface area contributed by atoms with Crippen molar-refractivity contribution >= 4 is 12.0 Å². The molecule has 0 aromatic rings. The predicted octanol–water partition coefficient (Wildman–Crippen LogP) is 1.13. The summed E-state index contributed by atoms with van der Waals surface area (Å²) in [5.74, 6) is 0.779. The van der Waals surface area contributed by atoms with Crippen molar-refractivity contribution in [2.24, 2.45) is 5.92 Å². The number of carbonyl (C=O) groups excluding carboxylic acids is 2. The number of carbonyl (C=O) groups is 2. The molecule has 2 aliphatic rings. The van der Waals surface area contributed by atoms with Crippen LogP contribution in [-0.4, -0.2) is 42.6 Å². The molecule has 0 spiro atoms. The van der Waals surface area contributed by atoms with Crippen LogP contribution in [0.1, 0.15) is 32.6 Å². The SMILES string of the molecule is CCCC(NC(=O)OC)C(=O)N1CCC2CC21. The maximum Gasteiger partial charge on any atom is 0.407 e. The lowest BCUT2D eigenvalue weighted by Gasteiger charge is -2.24. The zero-order valence-electron chi connectivity index (χ0n) is 10.4. The lowest BCUT2D eigenvalue weighted by Crippen LogP contribution is -2.48. The van der Waals surface area contributed by atoms with Gasteiger partial charge in [0, 0.05) is 12.6 Å². The molecule has 0 aromatic heterocycles. The van der Waals surface area contributed by atoms with Crippen molar-refractivity contribution in [3.05, 3.63) is 0 Å². The van der Waals surface area contributed by atoms with E-state index in [4.69, 9.17) is 0 Å². The molecule has 5 heteroatoms. The fraction of sp³-hybridized carbons (Fsp3) is 0.833. The van der Waals surface area contributed by atoms with Crippen LogP contribution in [0.15, 0.2) is 0 Å². The van der Waals surface area contributed by atoms with Gasteiger partial charge in [0.05, 0.1) is 7.11 Å². The molecule has 96 valence electrons. The highest BCUT2D eigenvalue weighted by atomic mass is 16.5. The molecule has 1 aliphatic heterocycles. The van der Waals surface area contributed by atoms with E-state index in [0.717, 1.165) is 31.7 Å². The fourth-order valence-electron chi connectivity index (χ4n) is 2.62. The Kier molecular flexibility index (Phi) is 3.54. The second-order valence-electron chi connectivity index (χ2n) is 4.86. The second-order valence-corrected chi connectivity index (χ2v) is 4.86. The molecule has 1 heterocycles. The molecule has 3 atom stereocenters. The van der Waals surface area contributed by atoms with Crippen molar-refractivity contribution in [3.8, 4) is 0 Å². The fourth-order valence-corrected chi connectivity index (χ4v) is 2.62. The van der Waals surface area contributed by atoms with E-state index in [0.29, 0.717) is 12.5 Å². The minimum Gasteiger partial charge on any atom is -0.453 e. The third-order valence-corrected chi connectivity index (χ3v) is 3.66. The Labute approximate surface area is 101 Å². The molecule has 17 heavy (non-hydrogen) atoms. The van der Waals surface area contributed by atoms with Gasteiger partial charge in [0.1, 0.15) is 6.04 Å². The van der Waals surface area contributed by atoms with E-state index >= 15 is 0 Å². The number of hydrogen-bond acceptors (Lipinski definition) is 3.